The first-order valence-corrected chi connectivity index (χ1v) is 11.8. The van der Waals surface area contributed by atoms with E-state index in [1.54, 1.807) is 48.5 Å². The van der Waals surface area contributed by atoms with Crippen LogP contribution in [-0.2, 0) is 19.6 Å². The summed E-state index contributed by atoms with van der Waals surface area (Å²) in [6.07, 6.45) is 0. The highest BCUT2D eigenvalue weighted by Crippen LogP contribution is 2.42. The van der Waals surface area contributed by atoms with Crippen molar-refractivity contribution in [3.05, 3.63) is 100 Å². The van der Waals surface area contributed by atoms with Crippen LogP contribution in [0.2, 0.25) is 5.02 Å². The number of ketones is 1. The first-order chi connectivity index (χ1) is 15.6. The number of anilines is 1. The molecule has 0 aromatic heterocycles. The Hall–Kier alpha value is -3.46. The van der Waals surface area contributed by atoms with E-state index in [4.69, 9.17) is 16.7 Å². The number of Topliss-reactive ketones (excluding diaryl/α,β-unsaturated/α-hetero) is 1. The molecule has 1 fully saturated rings. The van der Waals surface area contributed by atoms with Gasteiger partial charge in [-0.3, -0.25) is 14.5 Å². The standard InChI is InChI=1S/C24H19ClN2O5S/c1-14-2-4-16(5-3-14)22(28)20-21(15-6-8-17(25)9-7-15)27(24(30)23(20)29)18-10-12-19(13-11-18)33(26,31)32/h2-13,21,28H,1H3,(H2,26,31,32)/t21-/m1/s1. The molecule has 1 heterocycles. The van der Waals surface area contributed by atoms with Gasteiger partial charge in [0.2, 0.25) is 10.0 Å². The number of hydrogen-bond donors (Lipinski definition) is 2. The largest absolute Gasteiger partial charge is 0.507 e. The highest BCUT2D eigenvalue weighted by molar-refractivity contribution is 7.89. The molecule has 1 atom stereocenters. The molecule has 0 unspecified atom stereocenters. The molecule has 0 spiro atoms. The van der Waals surface area contributed by atoms with Gasteiger partial charge < -0.3 is 5.11 Å². The second kappa shape index (κ2) is 8.47. The Bertz CT molecular complexity index is 1380. The monoisotopic (exact) mass is 482 g/mol. The number of halogens is 1. The van der Waals surface area contributed by atoms with Gasteiger partial charge in [0.1, 0.15) is 5.76 Å². The lowest BCUT2D eigenvalue weighted by molar-refractivity contribution is -0.132. The molecule has 168 valence electrons. The van der Waals surface area contributed by atoms with E-state index < -0.39 is 27.8 Å². The van der Waals surface area contributed by atoms with E-state index in [1.165, 1.54) is 29.2 Å². The van der Waals surface area contributed by atoms with Crippen molar-refractivity contribution in [3.8, 4) is 0 Å². The third-order valence-corrected chi connectivity index (χ3v) is 6.58. The molecule has 0 radical (unpaired) electrons. The number of nitrogens with two attached hydrogens (primary N) is 1. The van der Waals surface area contributed by atoms with Gasteiger partial charge in [-0.1, -0.05) is 53.6 Å². The van der Waals surface area contributed by atoms with Crippen molar-refractivity contribution < 1.29 is 23.1 Å². The number of carbonyl (C=O) groups is 2. The minimum atomic E-state index is -3.94. The smallest absolute Gasteiger partial charge is 0.300 e. The number of sulfonamides is 1. The number of aryl methyl sites for hydroxylation is 1. The summed E-state index contributed by atoms with van der Waals surface area (Å²) < 4.78 is 23.2. The highest BCUT2D eigenvalue weighted by Gasteiger charge is 2.47. The zero-order chi connectivity index (χ0) is 23.9. The van der Waals surface area contributed by atoms with Crippen molar-refractivity contribution in [1.29, 1.82) is 0 Å². The summed E-state index contributed by atoms with van der Waals surface area (Å²) in [6.45, 7) is 1.89. The van der Waals surface area contributed by atoms with Crippen molar-refractivity contribution in [2.24, 2.45) is 5.14 Å². The Labute approximate surface area is 195 Å². The van der Waals surface area contributed by atoms with E-state index in [0.29, 0.717) is 16.1 Å². The number of nitrogens with zero attached hydrogens (tertiary/aromatic N) is 1. The maximum Gasteiger partial charge on any atom is 0.300 e. The molecule has 0 aliphatic carbocycles. The zero-order valence-corrected chi connectivity index (χ0v) is 19.0. The third-order valence-electron chi connectivity index (χ3n) is 5.40. The molecule has 3 N–H and O–H groups in total. The van der Waals surface area contributed by atoms with Crippen LogP contribution in [0.15, 0.2) is 83.3 Å². The molecule has 9 heteroatoms. The van der Waals surface area contributed by atoms with Crippen LogP contribution in [0, 0.1) is 6.92 Å². The summed E-state index contributed by atoms with van der Waals surface area (Å²) in [5, 5.41) is 16.7. The fraction of sp³-hybridized carbons (Fsp3) is 0.0833. The van der Waals surface area contributed by atoms with Crippen LogP contribution in [0.1, 0.15) is 22.7 Å². The number of carbonyl (C=O) groups excluding carboxylic acids is 2. The number of primary sulfonamides is 1. The Morgan fingerprint density at radius 2 is 1.52 bits per heavy atom. The summed E-state index contributed by atoms with van der Waals surface area (Å²) in [7, 11) is -3.94. The second-order valence-corrected chi connectivity index (χ2v) is 9.62. The van der Waals surface area contributed by atoms with Gasteiger partial charge in [-0.15, -0.1) is 0 Å². The summed E-state index contributed by atoms with van der Waals surface area (Å²) in [6, 6.07) is 17.8. The third kappa shape index (κ3) is 4.28. The lowest BCUT2D eigenvalue weighted by atomic mass is 9.95. The average molecular weight is 483 g/mol. The molecular weight excluding hydrogens is 464 g/mol. The normalized spacial score (nSPS) is 18.0. The second-order valence-electron chi connectivity index (χ2n) is 7.63. The quantitative estimate of drug-likeness (QED) is 0.332. The lowest BCUT2D eigenvalue weighted by Crippen LogP contribution is -2.29. The Morgan fingerprint density at radius 1 is 0.939 bits per heavy atom. The molecule has 1 amide bonds. The first kappa shape index (κ1) is 22.7. The van der Waals surface area contributed by atoms with Crippen LogP contribution < -0.4 is 10.0 Å². The maximum absolute atomic E-state index is 13.1. The van der Waals surface area contributed by atoms with Crippen LogP contribution in [0.25, 0.3) is 5.76 Å². The predicted molar refractivity (Wildman–Crippen MR) is 125 cm³/mol. The average Bonchev–Trinajstić information content (AvgIpc) is 3.04. The van der Waals surface area contributed by atoms with Gasteiger partial charge >= 0.3 is 0 Å². The van der Waals surface area contributed by atoms with Crippen molar-refractivity contribution >= 4 is 44.8 Å². The maximum atomic E-state index is 13.1. The van der Waals surface area contributed by atoms with Crippen molar-refractivity contribution in [2.45, 2.75) is 17.9 Å². The van der Waals surface area contributed by atoms with Crippen LogP contribution in [0.5, 0.6) is 0 Å². The Balaban J connectivity index is 1.91. The molecule has 33 heavy (non-hydrogen) atoms. The van der Waals surface area contributed by atoms with Gasteiger partial charge in [0.15, 0.2) is 0 Å². The van der Waals surface area contributed by atoms with E-state index in [2.05, 4.69) is 0 Å². The van der Waals surface area contributed by atoms with Crippen molar-refractivity contribution in [1.82, 2.24) is 0 Å². The van der Waals surface area contributed by atoms with Crippen LogP contribution >= 0.6 is 11.6 Å². The van der Waals surface area contributed by atoms with Crippen LogP contribution in [-0.4, -0.2) is 25.2 Å². The molecule has 0 saturated carbocycles. The molecule has 3 aromatic rings. The molecular formula is C24H19ClN2O5S. The fourth-order valence-electron chi connectivity index (χ4n) is 3.72. The van der Waals surface area contributed by atoms with Gasteiger partial charge in [0.25, 0.3) is 11.7 Å². The zero-order valence-electron chi connectivity index (χ0n) is 17.4. The van der Waals surface area contributed by atoms with Crippen molar-refractivity contribution in [3.63, 3.8) is 0 Å². The summed E-state index contributed by atoms with van der Waals surface area (Å²) in [5.41, 5.74) is 2.09. The van der Waals surface area contributed by atoms with E-state index in [0.717, 1.165) is 5.56 Å². The van der Waals surface area contributed by atoms with E-state index in [-0.39, 0.29) is 21.9 Å². The fourth-order valence-corrected chi connectivity index (χ4v) is 4.36. The number of aliphatic hydroxyl groups is 1. The predicted octanol–water partition coefficient (Wildman–Crippen LogP) is 3.92. The molecule has 1 aliphatic heterocycles. The van der Waals surface area contributed by atoms with Gasteiger partial charge in [-0.05, 0) is 48.9 Å². The molecule has 1 aliphatic rings. The molecule has 4 rings (SSSR count). The topological polar surface area (TPSA) is 118 Å². The van der Waals surface area contributed by atoms with Gasteiger partial charge in [-0.25, -0.2) is 13.6 Å². The number of benzene rings is 3. The number of hydrogen-bond acceptors (Lipinski definition) is 5. The molecule has 7 nitrogen and oxygen atoms in total. The minimum absolute atomic E-state index is 0.0818. The number of aliphatic hydroxyl groups excluding tert-OH is 1. The Morgan fingerprint density at radius 3 is 2.06 bits per heavy atom. The number of amides is 1. The Kier molecular flexibility index (Phi) is 5.84. The summed E-state index contributed by atoms with van der Waals surface area (Å²) >= 11 is 6.02. The van der Waals surface area contributed by atoms with E-state index >= 15 is 0 Å². The van der Waals surface area contributed by atoms with Crippen LogP contribution in [0.4, 0.5) is 5.69 Å². The summed E-state index contributed by atoms with van der Waals surface area (Å²) in [5.74, 6) is -2.02. The summed E-state index contributed by atoms with van der Waals surface area (Å²) in [4.78, 5) is 27.3. The first-order valence-electron chi connectivity index (χ1n) is 9.84. The molecule has 0 bridgehead atoms. The van der Waals surface area contributed by atoms with Gasteiger partial charge in [-0.2, -0.15) is 0 Å². The number of rotatable bonds is 4. The molecule has 1 saturated heterocycles. The lowest BCUT2D eigenvalue weighted by Gasteiger charge is -2.25. The SMILES string of the molecule is Cc1ccc(C(O)=C2C(=O)C(=O)N(c3ccc(S(N)(=O)=O)cc3)[C@@H]2c2ccc(Cl)cc2)cc1. The van der Waals surface area contributed by atoms with Gasteiger partial charge in [0.05, 0.1) is 16.5 Å². The highest BCUT2D eigenvalue weighted by atomic mass is 35.5. The van der Waals surface area contributed by atoms with Crippen LogP contribution in [0.3, 0.4) is 0 Å². The minimum Gasteiger partial charge on any atom is -0.507 e. The van der Waals surface area contributed by atoms with Crippen molar-refractivity contribution in [2.75, 3.05) is 4.90 Å². The van der Waals surface area contributed by atoms with E-state index in [1.807, 2.05) is 6.92 Å². The molecule has 3 aromatic carbocycles. The van der Waals surface area contributed by atoms with E-state index in [9.17, 15) is 23.1 Å². The van der Waals surface area contributed by atoms with Gasteiger partial charge in [0, 0.05) is 16.3 Å².